The molecule has 0 spiro atoms. The second-order valence-electron chi connectivity index (χ2n) is 4.94. The normalized spacial score (nSPS) is 10.1. The van der Waals surface area contributed by atoms with Crippen molar-refractivity contribution in [3.05, 3.63) is 64.7 Å². The third-order valence-electron chi connectivity index (χ3n) is 3.33. The first-order valence-corrected chi connectivity index (χ1v) is 7.15. The van der Waals surface area contributed by atoms with Gasteiger partial charge in [0.25, 0.3) is 0 Å². The molecule has 0 heterocycles. The summed E-state index contributed by atoms with van der Waals surface area (Å²) in [5.74, 6) is 0.909. The molecule has 0 atom stereocenters. The molecule has 0 saturated carbocycles. The molecular weight excluding hydrogens is 260 g/mol. The predicted molar refractivity (Wildman–Crippen MR) is 84.0 cm³/mol. The molecular formula is C18H20N2O. The average molecular weight is 280 g/mol. The Morgan fingerprint density at radius 3 is 2.71 bits per heavy atom. The Balaban J connectivity index is 1.92. The van der Waals surface area contributed by atoms with E-state index in [2.05, 4.69) is 23.5 Å². The van der Waals surface area contributed by atoms with E-state index in [1.165, 1.54) is 11.1 Å². The summed E-state index contributed by atoms with van der Waals surface area (Å²) in [7, 11) is 0. The molecule has 108 valence electrons. The van der Waals surface area contributed by atoms with Crippen molar-refractivity contribution in [2.75, 3.05) is 6.61 Å². The summed E-state index contributed by atoms with van der Waals surface area (Å²) < 4.78 is 5.50. The monoisotopic (exact) mass is 280 g/mol. The maximum Gasteiger partial charge on any atom is 0.119 e. The van der Waals surface area contributed by atoms with Gasteiger partial charge in [0.2, 0.25) is 0 Å². The van der Waals surface area contributed by atoms with Gasteiger partial charge in [0, 0.05) is 13.1 Å². The molecule has 0 aromatic heterocycles. The third kappa shape index (κ3) is 4.34. The maximum atomic E-state index is 8.87. The minimum absolute atomic E-state index is 0.682. The summed E-state index contributed by atoms with van der Waals surface area (Å²) in [4.78, 5) is 0. The lowest BCUT2D eigenvalue weighted by molar-refractivity contribution is 0.340. The lowest BCUT2D eigenvalue weighted by atomic mass is 10.1. The van der Waals surface area contributed by atoms with E-state index in [-0.39, 0.29) is 0 Å². The van der Waals surface area contributed by atoms with Crippen LogP contribution < -0.4 is 10.1 Å². The van der Waals surface area contributed by atoms with Crippen LogP contribution in [0.15, 0.2) is 42.5 Å². The van der Waals surface area contributed by atoms with Gasteiger partial charge in [0.1, 0.15) is 5.75 Å². The predicted octanol–water partition coefficient (Wildman–Crippen LogP) is 3.56. The molecule has 0 aliphatic heterocycles. The summed E-state index contributed by atoms with van der Waals surface area (Å²) in [6.07, 6.45) is 0. The van der Waals surface area contributed by atoms with E-state index in [1.54, 1.807) is 0 Å². The summed E-state index contributed by atoms with van der Waals surface area (Å²) >= 11 is 0. The van der Waals surface area contributed by atoms with Gasteiger partial charge < -0.3 is 10.1 Å². The Labute approximate surface area is 126 Å². The van der Waals surface area contributed by atoms with E-state index in [9.17, 15) is 0 Å². The van der Waals surface area contributed by atoms with Crippen molar-refractivity contribution in [3.63, 3.8) is 0 Å². The molecule has 0 amide bonds. The van der Waals surface area contributed by atoms with Crippen molar-refractivity contribution < 1.29 is 4.74 Å². The highest BCUT2D eigenvalue weighted by Gasteiger charge is 2.01. The van der Waals surface area contributed by atoms with Gasteiger partial charge in [-0.1, -0.05) is 18.2 Å². The second-order valence-corrected chi connectivity index (χ2v) is 4.94. The molecule has 0 saturated heterocycles. The fourth-order valence-electron chi connectivity index (χ4n) is 2.22. The van der Waals surface area contributed by atoms with Gasteiger partial charge in [-0.3, -0.25) is 0 Å². The molecule has 3 heteroatoms. The molecule has 2 rings (SSSR count). The Hall–Kier alpha value is -2.31. The van der Waals surface area contributed by atoms with Gasteiger partial charge in [-0.05, 0) is 54.8 Å². The van der Waals surface area contributed by atoms with Crippen LogP contribution >= 0.6 is 0 Å². The highest BCUT2D eigenvalue weighted by Crippen LogP contribution is 2.14. The van der Waals surface area contributed by atoms with Gasteiger partial charge in [0.15, 0.2) is 0 Å². The highest BCUT2D eigenvalue weighted by atomic mass is 16.5. The number of nitrogens with zero attached hydrogens (tertiary/aromatic N) is 1. The van der Waals surface area contributed by atoms with Crippen molar-refractivity contribution in [2.45, 2.75) is 26.9 Å². The summed E-state index contributed by atoms with van der Waals surface area (Å²) in [5.41, 5.74) is 4.27. The molecule has 0 radical (unpaired) electrons. The fourth-order valence-corrected chi connectivity index (χ4v) is 2.22. The van der Waals surface area contributed by atoms with E-state index in [0.29, 0.717) is 12.2 Å². The second kappa shape index (κ2) is 7.47. The van der Waals surface area contributed by atoms with Gasteiger partial charge in [-0.2, -0.15) is 5.26 Å². The molecule has 0 fully saturated rings. The Morgan fingerprint density at radius 2 is 2.00 bits per heavy atom. The number of ether oxygens (including phenoxy) is 1. The van der Waals surface area contributed by atoms with E-state index < -0.39 is 0 Å². The van der Waals surface area contributed by atoms with Crippen molar-refractivity contribution >= 4 is 0 Å². The summed E-state index contributed by atoms with van der Waals surface area (Å²) in [6.45, 7) is 6.28. The third-order valence-corrected chi connectivity index (χ3v) is 3.33. The number of benzene rings is 2. The minimum atomic E-state index is 0.682. The van der Waals surface area contributed by atoms with Crippen molar-refractivity contribution in [1.82, 2.24) is 5.32 Å². The number of nitrogens with one attached hydrogen (secondary N) is 1. The van der Waals surface area contributed by atoms with Gasteiger partial charge in [-0.15, -0.1) is 0 Å². The van der Waals surface area contributed by atoms with E-state index >= 15 is 0 Å². The first kappa shape index (κ1) is 15.1. The number of hydrogen-bond acceptors (Lipinski definition) is 3. The standard InChI is InChI=1S/C18H20N2O/c1-3-21-18-6-4-5-16(10-18)12-20-13-17-8-7-15(11-19)9-14(17)2/h4-10,20H,3,12-13H2,1-2H3. The Kier molecular flexibility index (Phi) is 5.36. The van der Waals surface area contributed by atoms with Crippen LogP contribution in [0.3, 0.4) is 0 Å². The van der Waals surface area contributed by atoms with E-state index in [1.807, 2.05) is 44.2 Å². The average Bonchev–Trinajstić information content (AvgIpc) is 2.49. The molecule has 2 aromatic carbocycles. The van der Waals surface area contributed by atoms with E-state index in [0.717, 1.165) is 24.4 Å². The van der Waals surface area contributed by atoms with Crippen LogP contribution in [-0.4, -0.2) is 6.61 Å². The van der Waals surface area contributed by atoms with Crippen LogP contribution in [-0.2, 0) is 13.1 Å². The van der Waals surface area contributed by atoms with Crippen LogP contribution in [0.4, 0.5) is 0 Å². The number of nitriles is 1. The van der Waals surface area contributed by atoms with Crippen LogP contribution in [0.25, 0.3) is 0 Å². The zero-order valence-corrected chi connectivity index (χ0v) is 12.5. The van der Waals surface area contributed by atoms with Crippen molar-refractivity contribution in [2.24, 2.45) is 0 Å². The minimum Gasteiger partial charge on any atom is -0.494 e. The first-order chi connectivity index (χ1) is 10.2. The number of aryl methyl sites for hydroxylation is 1. The summed E-state index contributed by atoms with van der Waals surface area (Å²) in [5, 5.41) is 12.3. The lowest BCUT2D eigenvalue weighted by Gasteiger charge is -2.09. The topological polar surface area (TPSA) is 45.0 Å². The zero-order chi connectivity index (χ0) is 15.1. The molecule has 0 aliphatic rings. The van der Waals surface area contributed by atoms with E-state index in [4.69, 9.17) is 10.00 Å². The zero-order valence-electron chi connectivity index (χ0n) is 12.5. The van der Waals surface area contributed by atoms with Crippen LogP contribution in [0.2, 0.25) is 0 Å². The number of rotatable bonds is 6. The van der Waals surface area contributed by atoms with Crippen LogP contribution in [0.1, 0.15) is 29.2 Å². The number of hydrogen-bond donors (Lipinski definition) is 1. The summed E-state index contributed by atoms with van der Waals surface area (Å²) in [6, 6.07) is 16.1. The van der Waals surface area contributed by atoms with Crippen molar-refractivity contribution in [1.29, 1.82) is 5.26 Å². The molecule has 3 nitrogen and oxygen atoms in total. The van der Waals surface area contributed by atoms with Gasteiger partial charge in [-0.25, -0.2) is 0 Å². The lowest BCUT2D eigenvalue weighted by Crippen LogP contribution is -2.13. The smallest absolute Gasteiger partial charge is 0.119 e. The van der Waals surface area contributed by atoms with Crippen LogP contribution in [0.5, 0.6) is 5.75 Å². The molecule has 2 aromatic rings. The van der Waals surface area contributed by atoms with Gasteiger partial charge in [0.05, 0.1) is 18.2 Å². The van der Waals surface area contributed by atoms with Crippen molar-refractivity contribution in [3.8, 4) is 11.8 Å². The largest absolute Gasteiger partial charge is 0.494 e. The maximum absolute atomic E-state index is 8.87. The molecule has 0 aliphatic carbocycles. The van der Waals surface area contributed by atoms with Crippen LogP contribution in [0, 0.1) is 18.3 Å². The Morgan fingerprint density at radius 1 is 1.14 bits per heavy atom. The highest BCUT2D eigenvalue weighted by molar-refractivity contribution is 5.37. The first-order valence-electron chi connectivity index (χ1n) is 7.15. The molecule has 0 bridgehead atoms. The SMILES string of the molecule is CCOc1cccc(CNCc2ccc(C#N)cc2C)c1. The Bertz CT molecular complexity index is 644. The molecule has 21 heavy (non-hydrogen) atoms. The molecule has 1 N–H and O–H groups in total. The molecule has 0 unspecified atom stereocenters. The van der Waals surface area contributed by atoms with Gasteiger partial charge >= 0.3 is 0 Å². The fraction of sp³-hybridized carbons (Fsp3) is 0.278. The quantitative estimate of drug-likeness (QED) is 0.880.